The molecule has 17 heavy (non-hydrogen) atoms. The fourth-order valence-corrected chi connectivity index (χ4v) is 4.29. The quantitative estimate of drug-likeness (QED) is 0.797. The monoisotopic (exact) mass is 280 g/mol. The van der Waals surface area contributed by atoms with Crippen LogP contribution in [-0.4, -0.2) is 37.7 Å². The van der Waals surface area contributed by atoms with E-state index in [1.54, 1.807) is 4.31 Å². The van der Waals surface area contributed by atoms with Crippen molar-refractivity contribution in [1.82, 2.24) is 9.03 Å². The fourth-order valence-electron chi connectivity index (χ4n) is 2.42. The lowest BCUT2D eigenvalue weighted by Gasteiger charge is -2.31. The number of rotatable bonds is 4. The van der Waals surface area contributed by atoms with Crippen LogP contribution in [0.1, 0.15) is 38.5 Å². The Kier molecular flexibility index (Phi) is 4.69. The van der Waals surface area contributed by atoms with Crippen LogP contribution in [-0.2, 0) is 10.2 Å². The summed E-state index contributed by atoms with van der Waals surface area (Å²) in [6, 6.07) is 0. The molecule has 1 aliphatic heterocycles. The molecule has 1 saturated heterocycles. The number of alkyl halides is 1. The van der Waals surface area contributed by atoms with Gasteiger partial charge in [-0.3, -0.25) is 0 Å². The molecule has 6 heteroatoms. The highest BCUT2D eigenvalue weighted by molar-refractivity contribution is 7.87. The smallest absolute Gasteiger partial charge is 0.202 e. The maximum Gasteiger partial charge on any atom is 0.279 e. The summed E-state index contributed by atoms with van der Waals surface area (Å²) in [6.45, 7) is 1.87. The molecule has 1 aliphatic carbocycles. The third-order valence-corrected chi connectivity index (χ3v) is 5.57. The minimum atomic E-state index is -3.26. The van der Waals surface area contributed by atoms with Crippen LogP contribution in [0, 0.1) is 5.92 Å². The van der Waals surface area contributed by atoms with E-state index < -0.39 is 10.2 Å². The molecule has 0 aromatic rings. The van der Waals surface area contributed by atoms with Crippen LogP contribution < -0.4 is 4.72 Å². The average molecular weight is 281 g/mol. The highest BCUT2D eigenvalue weighted by Crippen LogP contribution is 2.31. The van der Waals surface area contributed by atoms with Crippen molar-refractivity contribution in [3.05, 3.63) is 0 Å². The van der Waals surface area contributed by atoms with Crippen molar-refractivity contribution in [2.45, 2.75) is 43.9 Å². The van der Waals surface area contributed by atoms with Crippen LogP contribution in [0.3, 0.4) is 0 Å². The lowest BCUT2D eigenvalue weighted by Crippen LogP contribution is -2.44. The van der Waals surface area contributed by atoms with Crippen molar-refractivity contribution < 1.29 is 8.42 Å². The molecular formula is C11H21ClN2O2S. The number of nitrogens with one attached hydrogen (secondary N) is 1. The standard InChI is InChI=1S/C11H21ClN2O2S/c12-11-7-10(8-11)9-13-17(15,16)14-5-3-1-2-4-6-14/h10-11,13H,1-9H2. The minimum Gasteiger partial charge on any atom is -0.202 e. The zero-order chi connectivity index (χ0) is 12.3. The van der Waals surface area contributed by atoms with E-state index in [0.717, 1.165) is 38.5 Å². The summed E-state index contributed by atoms with van der Waals surface area (Å²) in [5.74, 6) is 0.430. The Morgan fingerprint density at radius 1 is 1.12 bits per heavy atom. The van der Waals surface area contributed by atoms with Gasteiger partial charge >= 0.3 is 0 Å². The summed E-state index contributed by atoms with van der Waals surface area (Å²) >= 11 is 5.88. The van der Waals surface area contributed by atoms with Gasteiger partial charge in [-0.25, -0.2) is 4.72 Å². The average Bonchev–Trinajstić information content (AvgIpc) is 2.51. The lowest BCUT2D eigenvalue weighted by atomic mass is 9.85. The van der Waals surface area contributed by atoms with Crippen LogP contribution in [0.15, 0.2) is 0 Å². The van der Waals surface area contributed by atoms with Crippen LogP contribution in [0.25, 0.3) is 0 Å². The second-order valence-corrected chi connectivity index (χ2v) is 7.47. The summed E-state index contributed by atoms with van der Waals surface area (Å²) in [6.07, 6.45) is 6.11. The predicted molar refractivity (Wildman–Crippen MR) is 69.3 cm³/mol. The molecule has 0 radical (unpaired) electrons. The second kappa shape index (κ2) is 5.87. The minimum absolute atomic E-state index is 0.252. The van der Waals surface area contributed by atoms with Crippen molar-refractivity contribution in [3.8, 4) is 0 Å². The molecular weight excluding hydrogens is 260 g/mol. The number of halogens is 1. The van der Waals surface area contributed by atoms with Gasteiger partial charge in [-0.15, -0.1) is 11.6 Å². The van der Waals surface area contributed by atoms with Crippen molar-refractivity contribution in [2.24, 2.45) is 5.92 Å². The van der Waals surface area contributed by atoms with Gasteiger partial charge in [0.15, 0.2) is 0 Å². The van der Waals surface area contributed by atoms with E-state index in [9.17, 15) is 8.42 Å². The normalized spacial score (nSPS) is 31.8. The van der Waals surface area contributed by atoms with Gasteiger partial charge in [-0.05, 0) is 31.6 Å². The molecule has 0 bridgehead atoms. The molecule has 2 rings (SSSR count). The Morgan fingerprint density at radius 2 is 1.71 bits per heavy atom. The summed E-state index contributed by atoms with van der Waals surface area (Å²) in [5, 5.41) is 0.252. The molecule has 1 saturated carbocycles. The van der Waals surface area contributed by atoms with E-state index in [1.807, 2.05) is 0 Å². The summed E-state index contributed by atoms with van der Waals surface area (Å²) in [5.41, 5.74) is 0. The first-order chi connectivity index (χ1) is 8.08. The van der Waals surface area contributed by atoms with E-state index in [-0.39, 0.29) is 5.38 Å². The summed E-state index contributed by atoms with van der Waals surface area (Å²) in [7, 11) is -3.26. The van der Waals surface area contributed by atoms with Crippen LogP contribution in [0.5, 0.6) is 0 Å². The Balaban J connectivity index is 1.80. The van der Waals surface area contributed by atoms with Crippen molar-refractivity contribution in [3.63, 3.8) is 0 Å². The molecule has 1 N–H and O–H groups in total. The Morgan fingerprint density at radius 3 is 2.24 bits per heavy atom. The predicted octanol–water partition coefficient (Wildman–Crippen LogP) is 1.71. The van der Waals surface area contributed by atoms with Gasteiger partial charge in [-0.2, -0.15) is 12.7 Å². The molecule has 0 amide bonds. The number of nitrogens with zero attached hydrogens (tertiary/aromatic N) is 1. The Labute approximate surface area is 109 Å². The van der Waals surface area contributed by atoms with Crippen LogP contribution >= 0.6 is 11.6 Å². The molecule has 100 valence electrons. The maximum atomic E-state index is 12.0. The largest absolute Gasteiger partial charge is 0.279 e. The lowest BCUT2D eigenvalue weighted by molar-refractivity contribution is 0.318. The molecule has 0 spiro atoms. The van der Waals surface area contributed by atoms with Crippen LogP contribution in [0.2, 0.25) is 0 Å². The van der Waals surface area contributed by atoms with E-state index >= 15 is 0 Å². The van der Waals surface area contributed by atoms with E-state index in [0.29, 0.717) is 25.6 Å². The molecule has 0 unspecified atom stereocenters. The third kappa shape index (κ3) is 3.81. The van der Waals surface area contributed by atoms with Gasteiger partial charge in [0.1, 0.15) is 0 Å². The molecule has 2 aliphatic rings. The highest BCUT2D eigenvalue weighted by atomic mass is 35.5. The highest BCUT2D eigenvalue weighted by Gasteiger charge is 2.29. The second-order valence-electron chi connectivity index (χ2n) is 5.10. The summed E-state index contributed by atoms with van der Waals surface area (Å²) < 4.78 is 28.4. The molecule has 2 fully saturated rings. The van der Waals surface area contributed by atoms with E-state index in [2.05, 4.69) is 4.72 Å². The Bertz CT molecular complexity index is 333. The molecule has 0 aromatic carbocycles. The van der Waals surface area contributed by atoms with Crippen molar-refractivity contribution in [2.75, 3.05) is 19.6 Å². The molecule has 4 nitrogen and oxygen atoms in total. The molecule has 1 heterocycles. The van der Waals surface area contributed by atoms with Gasteiger partial charge in [0, 0.05) is 25.0 Å². The first-order valence-corrected chi connectivity index (χ1v) is 8.34. The van der Waals surface area contributed by atoms with E-state index in [4.69, 9.17) is 11.6 Å². The first-order valence-electron chi connectivity index (χ1n) is 6.47. The zero-order valence-corrected chi connectivity index (χ0v) is 11.6. The van der Waals surface area contributed by atoms with Gasteiger partial charge in [-0.1, -0.05) is 12.8 Å². The van der Waals surface area contributed by atoms with Crippen LogP contribution in [0.4, 0.5) is 0 Å². The SMILES string of the molecule is O=S(=O)(NCC1CC(Cl)C1)N1CCCCCC1. The third-order valence-electron chi connectivity index (χ3n) is 3.64. The summed E-state index contributed by atoms with van der Waals surface area (Å²) in [4.78, 5) is 0. The molecule has 0 aromatic heterocycles. The number of hydrogen-bond donors (Lipinski definition) is 1. The Hall–Kier alpha value is 0.160. The van der Waals surface area contributed by atoms with Crippen molar-refractivity contribution >= 4 is 21.8 Å². The van der Waals surface area contributed by atoms with Gasteiger partial charge in [0.05, 0.1) is 0 Å². The maximum absolute atomic E-state index is 12.0. The van der Waals surface area contributed by atoms with Crippen molar-refractivity contribution in [1.29, 1.82) is 0 Å². The number of hydrogen-bond acceptors (Lipinski definition) is 2. The van der Waals surface area contributed by atoms with Gasteiger partial charge in [0.2, 0.25) is 0 Å². The van der Waals surface area contributed by atoms with Gasteiger partial charge < -0.3 is 0 Å². The van der Waals surface area contributed by atoms with Gasteiger partial charge in [0.25, 0.3) is 10.2 Å². The molecule has 0 atom stereocenters. The first kappa shape index (κ1) is 13.6. The zero-order valence-electron chi connectivity index (χ0n) is 10.1. The fraction of sp³-hybridized carbons (Fsp3) is 1.00. The van der Waals surface area contributed by atoms with E-state index in [1.165, 1.54) is 0 Å². The topological polar surface area (TPSA) is 49.4 Å².